The highest BCUT2D eigenvalue weighted by Gasteiger charge is 2.09. The number of hydrogen-bond donors (Lipinski definition) is 2. The van der Waals surface area contributed by atoms with Crippen molar-refractivity contribution in [2.24, 2.45) is 0 Å². The maximum atomic E-state index is 11.1. The molecule has 2 aromatic carbocycles. The molecule has 1 aromatic heterocycles. The van der Waals surface area contributed by atoms with Crippen molar-refractivity contribution in [2.75, 3.05) is 0 Å². The summed E-state index contributed by atoms with van der Waals surface area (Å²) in [6.45, 7) is 0. The molecule has 0 unspecified atom stereocenters. The zero-order valence-electron chi connectivity index (χ0n) is 12.4. The van der Waals surface area contributed by atoms with Gasteiger partial charge in [0.25, 0.3) is 0 Å². The summed E-state index contributed by atoms with van der Waals surface area (Å²) >= 11 is 0. The van der Waals surface area contributed by atoms with Crippen LogP contribution in [0.1, 0.15) is 34.5 Å². The van der Waals surface area contributed by atoms with Crippen molar-refractivity contribution in [3.8, 4) is 0 Å². The minimum atomic E-state index is -0.911. The molecule has 0 aliphatic heterocycles. The maximum Gasteiger partial charge on any atom is 0.352 e. The zero-order chi connectivity index (χ0) is 15.4. The van der Waals surface area contributed by atoms with Crippen LogP contribution in [0.5, 0.6) is 0 Å². The molecule has 112 valence electrons. The van der Waals surface area contributed by atoms with Gasteiger partial charge in [0.15, 0.2) is 0 Å². The summed E-state index contributed by atoms with van der Waals surface area (Å²) < 4.78 is 0. The summed E-state index contributed by atoms with van der Waals surface area (Å²) in [7, 11) is 0. The molecule has 0 radical (unpaired) electrons. The van der Waals surface area contributed by atoms with Crippen LogP contribution in [-0.4, -0.2) is 16.1 Å². The number of rotatable bonds is 6. The molecule has 3 heteroatoms. The van der Waals surface area contributed by atoms with Gasteiger partial charge >= 0.3 is 5.97 Å². The molecule has 0 bridgehead atoms. The number of unbranched alkanes of at least 4 members (excludes halogenated alkanes) is 1. The monoisotopic (exact) mass is 293 g/mol. The van der Waals surface area contributed by atoms with E-state index in [2.05, 4.69) is 35.3 Å². The number of hydrogen-bond acceptors (Lipinski definition) is 1. The number of carboxylic acids is 1. The second-order valence-electron chi connectivity index (χ2n) is 5.56. The van der Waals surface area contributed by atoms with Crippen molar-refractivity contribution in [1.29, 1.82) is 0 Å². The molecule has 0 spiro atoms. The van der Waals surface area contributed by atoms with Crippen molar-refractivity contribution in [3.63, 3.8) is 0 Å². The van der Waals surface area contributed by atoms with Gasteiger partial charge in [-0.3, -0.25) is 0 Å². The van der Waals surface area contributed by atoms with Gasteiger partial charge in [0, 0.05) is 10.9 Å². The standard InChI is InChI=1S/C19H19NO2/c21-19(22)18-13-16-15(11-6-12-17(16)20-18)10-5-4-9-14-7-2-1-3-8-14/h1-3,6-8,11-13,20H,4-5,9-10H2,(H,21,22). The average molecular weight is 293 g/mol. The number of H-pyrrole nitrogens is 1. The van der Waals surface area contributed by atoms with Crippen LogP contribution < -0.4 is 0 Å². The first-order valence-corrected chi connectivity index (χ1v) is 7.62. The molecule has 0 aliphatic rings. The lowest BCUT2D eigenvalue weighted by atomic mass is 10.0. The van der Waals surface area contributed by atoms with E-state index in [-0.39, 0.29) is 5.69 Å². The van der Waals surface area contributed by atoms with Crippen LogP contribution in [0.3, 0.4) is 0 Å². The minimum absolute atomic E-state index is 0.256. The van der Waals surface area contributed by atoms with E-state index < -0.39 is 5.97 Å². The normalized spacial score (nSPS) is 10.9. The van der Waals surface area contributed by atoms with E-state index in [1.54, 1.807) is 6.07 Å². The molecular weight excluding hydrogens is 274 g/mol. The Labute approximate surface area is 129 Å². The van der Waals surface area contributed by atoms with Crippen LogP contribution in [0.25, 0.3) is 10.9 Å². The first kappa shape index (κ1) is 14.4. The second-order valence-corrected chi connectivity index (χ2v) is 5.56. The van der Waals surface area contributed by atoms with Gasteiger partial charge in [0.05, 0.1) is 0 Å². The maximum absolute atomic E-state index is 11.1. The van der Waals surface area contributed by atoms with E-state index in [0.717, 1.165) is 36.6 Å². The number of nitrogens with one attached hydrogen (secondary N) is 1. The van der Waals surface area contributed by atoms with Gasteiger partial charge in [-0.2, -0.15) is 0 Å². The van der Waals surface area contributed by atoms with E-state index >= 15 is 0 Å². The van der Waals surface area contributed by atoms with Crippen molar-refractivity contribution >= 4 is 16.9 Å². The Morgan fingerprint density at radius 1 is 0.955 bits per heavy atom. The Balaban J connectivity index is 1.65. The average Bonchev–Trinajstić information content (AvgIpc) is 2.98. The van der Waals surface area contributed by atoms with E-state index in [9.17, 15) is 4.79 Å². The molecule has 0 amide bonds. The molecule has 0 saturated heterocycles. The van der Waals surface area contributed by atoms with Crippen LogP contribution in [0.15, 0.2) is 54.6 Å². The largest absolute Gasteiger partial charge is 0.477 e. The van der Waals surface area contributed by atoms with E-state index in [1.807, 2.05) is 18.2 Å². The minimum Gasteiger partial charge on any atom is -0.477 e. The van der Waals surface area contributed by atoms with E-state index in [1.165, 1.54) is 11.1 Å². The molecule has 0 saturated carbocycles. The molecule has 3 nitrogen and oxygen atoms in total. The number of fused-ring (bicyclic) bond motifs is 1. The van der Waals surface area contributed by atoms with Crippen molar-refractivity contribution in [3.05, 3.63) is 71.4 Å². The first-order valence-electron chi connectivity index (χ1n) is 7.62. The highest BCUT2D eigenvalue weighted by molar-refractivity contribution is 5.95. The molecule has 0 fully saturated rings. The van der Waals surface area contributed by atoms with E-state index in [4.69, 9.17) is 5.11 Å². The molecule has 3 aromatic rings. The summed E-state index contributed by atoms with van der Waals surface area (Å²) in [5, 5.41) is 10.1. The van der Waals surface area contributed by atoms with Crippen molar-refractivity contribution in [1.82, 2.24) is 4.98 Å². The molecule has 1 heterocycles. The lowest BCUT2D eigenvalue weighted by molar-refractivity contribution is 0.0691. The summed E-state index contributed by atoms with van der Waals surface area (Å²) in [5.74, 6) is -0.911. The van der Waals surface area contributed by atoms with Crippen molar-refractivity contribution < 1.29 is 9.90 Å². The highest BCUT2D eigenvalue weighted by Crippen LogP contribution is 2.22. The number of aromatic amines is 1. The first-order chi connectivity index (χ1) is 10.7. The lowest BCUT2D eigenvalue weighted by Crippen LogP contribution is -1.94. The third-order valence-corrected chi connectivity index (χ3v) is 3.99. The number of benzene rings is 2. The highest BCUT2D eigenvalue weighted by atomic mass is 16.4. The van der Waals surface area contributed by atoms with Gasteiger partial charge in [-0.1, -0.05) is 42.5 Å². The van der Waals surface area contributed by atoms with Crippen LogP contribution in [-0.2, 0) is 12.8 Å². The number of carboxylic acid groups (broad SMARTS) is 1. The number of aromatic nitrogens is 1. The van der Waals surface area contributed by atoms with Crippen LogP contribution in [0.4, 0.5) is 0 Å². The molecule has 0 atom stereocenters. The quantitative estimate of drug-likeness (QED) is 0.660. The molecular formula is C19H19NO2. The number of aryl methyl sites for hydroxylation is 2. The summed E-state index contributed by atoms with van der Waals surface area (Å²) in [4.78, 5) is 14.0. The fraction of sp³-hybridized carbons (Fsp3) is 0.211. The summed E-state index contributed by atoms with van der Waals surface area (Å²) in [5.41, 5.74) is 3.74. The third-order valence-electron chi connectivity index (χ3n) is 3.99. The Hall–Kier alpha value is -2.55. The molecule has 22 heavy (non-hydrogen) atoms. The topological polar surface area (TPSA) is 53.1 Å². The Bertz CT molecular complexity index is 774. The van der Waals surface area contributed by atoms with Crippen LogP contribution >= 0.6 is 0 Å². The van der Waals surface area contributed by atoms with E-state index in [0.29, 0.717) is 0 Å². The number of carbonyl (C=O) groups is 1. The lowest BCUT2D eigenvalue weighted by Gasteiger charge is -2.04. The smallest absolute Gasteiger partial charge is 0.352 e. The fourth-order valence-electron chi connectivity index (χ4n) is 2.84. The SMILES string of the molecule is O=C(O)c1cc2c(CCCCc3ccccc3)cccc2[nH]1. The summed E-state index contributed by atoms with van der Waals surface area (Å²) in [6.07, 6.45) is 4.30. The predicted molar refractivity (Wildman–Crippen MR) is 88.3 cm³/mol. The van der Waals surface area contributed by atoms with Gasteiger partial charge in [-0.05, 0) is 48.9 Å². The third kappa shape index (κ3) is 3.19. The van der Waals surface area contributed by atoms with Gasteiger partial charge in [-0.25, -0.2) is 4.79 Å². The number of aromatic carboxylic acids is 1. The molecule has 2 N–H and O–H groups in total. The van der Waals surface area contributed by atoms with Gasteiger partial charge in [0.1, 0.15) is 5.69 Å². The Kier molecular flexibility index (Phi) is 4.24. The predicted octanol–water partition coefficient (Wildman–Crippen LogP) is 4.43. The zero-order valence-corrected chi connectivity index (χ0v) is 12.4. The molecule has 3 rings (SSSR count). The fourth-order valence-corrected chi connectivity index (χ4v) is 2.84. The van der Waals surface area contributed by atoms with Gasteiger partial charge in [-0.15, -0.1) is 0 Å². The Morgan fingerprint density at radius 3 is 2.50 bits per heavy atom. The van der Waals surface area contributed by atoms with Crippen molar-refractivity contribution in [2.45, 2.75) is 25.7 Å². The van der Waals surface area contributed by atoms with Crippen LogP contribution in [0, 0.1) is 0 Å². The summed E-state index contributed by atoms with van der Waals surface area (Å²) in [6, 6.07) is 18.2. The molecule has 0 aliphatic carbocycles. The van der Waals surface area contributed by atoms with Gasteiger partial charge in [0.2, 0.25) is 0 Å². The second kappa shape index (κ2) is 6.48. The Morgan fingerprint density at radius 2 is 1.73 bits per heavy atom. The van der Waals surface area contributed by atoms with Gasteiger partial charge < -0.3 is 10.1 Å². The van der Waals surface area contributed by atoms with Crippen LogP contribution in [0.2, 0.25) is 0 Å².